The maximum absolute atomic E-state index is 9.57. The summed E-state index contributed by atoms with van der Waals surface area (Å²) in [5.41, 5.74) is 1.54. The van der Waals surface area contributed by atoms with Gasteiger partial charge in [0, 0.05) is 0 Å². The van der Waals surface area contributed by atoms with Crippen molar-refractivity contribution in [3.05, 3.63) is 29.8 Å². The predicted molar refractivity (Wildman–Crippen MR) is 69.8 cm³/mol. The second-order valence-corrected chi connectivity index (χ2v) is 4.10. The van der Waals surface area contributed by atoms with Crippen LogP contribution < -0.4 is 9.47 Å². The molecule has 17 heavy (non-hydrogen) atoms. The molecule has 3 heteroatoms. The molecule has 1 rings (SSSR count). The Balaban J connectivity index is 3.18. The number of benzene rings is 1. The standard InChI is InChI=1S/C14H20O3/c1-6-10(3)17-14-7-9(2)13(16-5)8-12(14)11(4)15/h7-8,10,15H,4,6H2,1-3,5H3. The van der Waals surface area contributed by atoms with Gasteiger partial charge in [-0.25, -0.2) is 0 Å². The number of aliphatic hydroxyl groups excluding tert-OH is 1. The van der Waals surface area contributed by atoms with E-state index in [2.05, 4.69) is 13.5 Å². The summed E-state index contributed by atoms with van der Waals surface area (Å²) in [6.07, 6.45) is 1.00. The molecule has 0 saturated carbocycles. The first-order valence-electron chi connectivity index (χ1n) is 5.73. The van der Waals surface area contributed by atoms with Crippen molar-refractivity contribution in [2.45, 2.75) is 33.3 Å². The van der Waals surface area contributed by atoms with Gasteiger partial charge < -0.3 is 14.6 Å². The summed E-state index contributed by atoms with van der Waals surface area (Å²) >= 11 is 0. The Morgan fingerprint density at radius 2 is 2.06 bits per heavy atom. The summed E-state index contributed by atoms with van der Waals surface area (Å²) in [5.74, 6) is 1.35. The van der Waals surface area contributed by atoms with E-state index in [1.165, 1.54) is 0 Å². The molecule has 0 heterocycles. The fourth-order valence-corrected chi connectivity index (χ4v) is 1.50. The highest BCUT2D eigenvalue weighted by Gasteiger charge is 2.13. The monoisotopic (exact) mass is 236 g/mol. The van der Waals surface area contributed by atoms with E-state index in [0.717, 1.165) is 12.0 Å². The summed E-state index contributed by atoms with van der Waals surface area (Å²) < 4.78 is 11.0. The average Bonchev–Trinajstić information content (AvgIpc) is 2.28. The Hall–Kier alpha value is -1.64. The molecule has 94 valence electrons. The van der Waals surface area contributed by atoms with Crippen molar-refractivity contribution in [2.24, 2.45) is 0 Å². The predicted octanol–water partition coefficient (Wildman–Crippen LogP) is 3.71. The minimum absolute atomic E-state index is 0.0124. The first-order chi connectivity index (χ1) is 7.99. The molecule has 0 aliphatic carbocycles. The van der Waals surface area contributed by atoms with Gasteiger partial charge in [-0.1, -0.05) is 13.5 Å². The second kappa shape index (κ2) is 5.62. The lowest BCUT2D eigenvalue weighted by atomic mass is 10.1. The van der Waals surface area contributed by atoms with Crippen LogP contribution in [0.2, 0.25) is 0 Å². The minimum Gasteiger partial charge on any atom is -0.508 e. The van der Waals surface area contributed by atoms with E-state index in [9.17, 15) is 5.11 Å². The highest BCUT2D eigenvalue weighted by atomic mass is 16.5. The SMILES string of the molecule is C=C(O)c1cc(OC)c(C)cc1OC(C)CC. The average molecular weight is 236 g/mol. The molecule has 0 radical (unpaired) electrons. The van der Waals surface area contributed by atoms with Crippen LogP contribution in [0.25, 0.3) is 5.76 Å². The number of rotatable bonds is 5. The normalized spacial score (nSPS) is 12.0. The van der Waals surface area contributed by atoms with Crippen LogP contribution >= 0.6 is 0 Å². The zero-order valence-corrected chi connectivity index (χ0v) is 10.9. The van der Waals surface area contributed by atoms with Crippen LogP contribution in [0.5, 0.6) is 11.5 Å². The Kier molecular flexibility index (Phi) is 4.44. The van der Waals surface area contributed by atoms with Crippen molar-refractivity contribution in [3.8, 4) is 11.5 Å². The first kappa shape index (κ1) is 13.4. The van der Waals surface area contributed by atoms with E-state index in [1.54, 1.807) is 13.2 Å². The fourth-order valence-electron chi connectivity index (χ4n) is 1.50. The van der Waals surface area contributed by atoms with Gasteiger partial charge in [0.15, 0.2) is 0 Å². The van der Waals surface area contributed by atoms with Crippen LogP contribution in [0.4, 0.5) is 0 Å². The quantitative estimate of drug-likeness (QED) is 0.792. The molecule has 0 aromatic heterocycles. The molecule has 1 aromatic carbocycles. The lowest BCUT2D eigenvalue weighted by molar-refractivity contribution is 0.215. The topological polar surface area (TPSA) is 38.7 Å². The Morgan fingerprint density at radius 3 is 2.53 bits per heavy atom. The van der Waals surface area contributed by atoms with Gasteiger partial charge in [0.25, 0.3) is 0 Å². The van der Waals surface area contributed by atoms with Crippen molar-refractivity contribution in [1.29, 1.82) is 0 Å². The molecule has 1 unspecified atom stereocenters. The number of ether oxygens (including phenoxy) is 2. The summed E-state index contributed by atoms with van der Waals surface area (Å²) in [6, 6.07) is 3.61. The van der Waals surface area contributed by atoms with Gasteiger partial charge in [-0.2, -0.15) is 0 Å². The summed E-state index contributed by atoms with van der Waals surface area (Å²) in [6.45, 7) is 9.52. The van der Waals surface area contributed by atoms with Gasteiger partial charge in [-0.3, -0.25) is 0 Å². The van der Waals surface area contributed by atoms with Crippen LogP contribution in [0.3, 0.4) is 0 Å². The molecule has 0 aliphatic rings. The van der Waals surface area contributed by atoms with Crippen molar-refractivity contribution in [2.75, 3.05) is 7.11 Å². The number of aryl methyl sites for hydroxylation is 1. The lowest BCUT2D eigenvalue weighted by Crippen LogP contribution is -2.11. The Labute approximate surface area is 103 Å². The first-order valence-corrected chi connectivity index (χ1v) is 5.73. The highest BCUT2D eigenvalue weighted by Crippen LogP contribution is 2.32. The van der Waals surface area contributed by atoms with Crippen LogP contribution in [-0.2, 0) is 0 Å². The second-order valence-electron chi connectivity index (χ2n) is 4.10. The van der Waals surface area contributed by atoms with Crippen molar-refractivity contribution < 1.29 is 14.6 Å². The van der Waals surface area contributed by atoms with E-state index in [4.69, 9.17) is 9.47 Å². The molecular formula is C14H20O3. The van der Waals surface area contributed by atoms with Crippen molar-refractivity contribution in [3.63, 3.8) is 0 Å². The molecule has 0 aliphatic heterocycles. The summed E-state index contributed by atoms with van der Waals surface area (Å²) in [4.78, 5) is 0. The molecule has 1 atom stereocenters. The molecule has 0 saturated heterocycles. The minimum atomic E-state index is -0.0124. The molecule has 0 bridgehead atoms. The molecule has 0 amide bonds. The third kappa shape index (κ3) is 3.16. The van der Waals surface area contributed by atoms with Crippen LogP contribution in [0.15, 0.2) is 18.7 Å². The zero-order chi connectivity index (χ0) is 13.0. The number of methoxy groups -OCH3 is 1. The van der Waals surface area contributed by atoms with E-state index >= 15 is 0 Å². The summed E-state index contributed by atoms with van der Waals surface area (Å²) in [5, 5.41) is 9.57. The van der Waals surface area contributed by atoms with E-state index < -0.39 is 0 Å². The number of aliphatic hydroxyl groups is 1. The fraction of sp³-hybridized carbons (Fsp3) is 0.429. The maximum atomic E-state index is 9.57. The zero-order valence-electron chi connectivity index (χ0n) is 10.9. The van der Waals surface area contributed by atoms with Gasteiger partial charge in [0.05, 0.1) is 18.8 Å². The highest BCUT2D eigenvalue weighted by molar-refractivity contribution is 5.66. The number of hydrogen-bond acceptors (Lipinski definition) is 3. The lowest BCUT2D eigenvalue weighted by Gasteiger charge is -2.17. The summed E-state index contributed by atoms with van der Waals surface area (Å²) in [7, 11) is 1.60. The number of hydrogen-bond donors (Lipinski definition) is 1. The van der Waals surface area contributed by atoms with E-state index in [1.807, 2.05) is 19.9 Å². The maximum Gasteiger partial charge on any atom is 0.131 e. The third-order valence-electron chi connectivity index (χ3n) is 2.71. The van der Waals surface area contributed by atoms with Gasteiger partial charge in [-0.15, -0.1) is 0 Å². The van der Waals surface area contributed by atoms with Crippen molar-refractivity contribution >= 4 is 5.76 Å². The van der Waals surface area contributed by atoms with Crippen LogP contribution in [0.1, 0.15) is 31.4 Å². The van der Waals surface area contributed by atoms with Crippen LogP contribution in [-0.4, -0.2) is 18.3 Å². The molecule has 3 nitrogen and oxygen atoms in total. The molecule has 1 N–H and O–H groups in total. The third-order valence-corrected chi connectivity index (χ3v) is 2.71. The molecule has 1 aromatic rings. The van der Waals surface area contributed by atoms with Crippen LogP contribution in [0, 0.1) is 6.92 Å². The van der Waals surface area contributed by atoms with E-state index in [-0.39, 0.29) is 11.9 Å². The molecule has 0 spiro atoms. The van der Waals surface area contributed by atoms with Crippen molar-refractivity contribution in [1.82, 2.24) is 0 Å². The van der Waals surface area contributed by atoms with Gasteiger partial charge in [0.1, 0.15) is 17.3 Å². The van der Waals surface area contributed by atoms with Gasteiger partial charge >= 0.3 is 0 Å². The largest absolute Gasteiger partial charge is 0.508 e. The van der Waals surface area contributed by atoms with E-state index in [0.29, 0.717) is 17.1 Å². The van der Waals surface area contributed by atoms with Gasteiger partial charge in [0.2, 0.25) is 0 Å². The Bertz CT molecular complexity index is 410. The Morgan fingerprint density at radius 1 is 1.41 bits per heavy atom. The van der Waals surface area contributed by atoms with Gasteiger partial charge in [-0.05, 0) is 38.0 Å². The smallest absolute Gasteiger partial charge is 0.131 e. The molecular weight excluding hydrogens is 216 g/mol. The molecule has 0 fully saturated rings.